The maximum Gasteiger partial charge on any atom is 0.237 e. The summed E-state index contributed by atoms with van der Waals surface area (Å²) < 4.78 is 15.5. The first-order valence-electron chi connectivity index (χ1n) is 10.0. The molecule has 3 N–H and O–H groups in total. The molecular weight excluding hydrogens is 381 g/mol. The van der Waals surface area contributed by atoms with Crippen molar-refractivity contribution in [3.63, 3.8) is 0 Å². The van der Waals surface area contributed by atoms with Crippen molar-refractivity contribution in [2.24, 2.45) is 5.73 Å². The van der Waals surface area contributed by atoms with Crippen molar-refractivity contribution in [1.29, 1.82) is 0 Å². The molecule has 1 amide bonds. The molecule has 0 saturated heterocycles. The molecule has 0 fully saturated rings. The summed E-state index contributed by atoms with van der Waals surface area (Å²) in [7, 11) is 0. The molecule has 3 aromatic rings. The molecule has 0 saturated carbocycles. The Morgan fingerprint density at radius 2 is 1.80 bits per heavy atom. The molecule has 7 heteroatoms. The number of carbonyl (C=O) groups excluding carboxylic acids is 1. The quantitative estimate of drug-likeness (QED) is 0.690. The van der Waals surface area contributed by atoms with Gasteiger partial charge in [0.2, 0.25) is 5.91 Å². The van der Waals surface area contributed by atoms with Gasteiger partial charge in [0, 0.05) is 24.3 Å². The minimum Gasteiger partial charge on any atom is -0.340 e. The summed E-state index contributed by atoms with van der Waals surface area (Å²) in [6.45, 7) is 7.11. The normalized spacial score (nSPS) is 15.0. The molecule has 2 heterocycles. The number of nitrogens with one attached hydrogen (secondary N) is 1. The second-order valence-corrected chi connectivity index (χ2v) is 8.09. The van der Waals surface area contributed by atoms with Gasteiger partial charge in [-0.15, -0.1) is 0 Å². The van der Waals surface area contributed by atoms with Gasteiger partial charge in [0.1, 0.15) is 23.2 Å². The van der Waals surface area contributed by atoms with Crippen molar-refractivity contribution in [1.82, 2.24) is 14.5 Å². The van der Waals surface area contributed by atoms with Gasteiger partial charge in [-0.1, -0.05) is 29.8 Å². The van der Waals surface area contributed by atoms with E-state index in [1.165, 1.54) is 12.1 Å². The monoisotopic (exact) mass is 407 g/mol. The van der Waals surface area contributed by atoms with E-state index < -0.39 is 5.54 Å². The van der Waals surface area contributed by atoms with Crippen molar-refractivity contribution in [3.8, 4) is 11.3 Å². The third kappa shape index (κ3) is 3.45. The van der Waals surface area contributed by atoms with Gasteiger partial charge in [-0.3, -0.25) is 4.79 Å². The Kier molecular flexibility index (Phi) is 5.07. The molecular formula is C23H26FN5O. The van der Waals surface area contributed by atoms with Gasteiger partial charge in [-0.2, -0.15) is 0 Å². The average molecular weight is 407 g/mol. The van der Waals surface area contributed by atoms with Crippen LogP contribution in [-0.4, -0.2) is 33.4 Å². The molecule has 0 bridgehead atoms. The van der Waals surface area contributed by atoms with Gasteiger partial charge < -0.3 is 20.5 Å². The first-order chi connectivity index (χ1) is 14.3. The highest BCUT2D eigenvalue weighted by Gasteiger charge is 2.41. The number of benzene rings is 2. The van der Waals surface area contributed by atoms with E-state index in [9.17, 15) is 9.18 Å². The zero-order valence-corrected chi connectivity index (χ0v) is 17.4. The van der Waals surface area contributed by atoms with Crippen LogP contribution < -0.4 is 11.1 Å². The number of fused-ring (bicyclic) bond motifs is 1. The fourth-order valence-corrected chi connectivity index (χ4v) is 3.99. The summed E-state index contributed by atoms with van der Waals surface area (Å²) in [5, 5.41) is 3.42. The van der Waals surface area contributed by atoms with Crippen LogP contribution in [0.5, 0.6) is 0 Å². The Morgan fingerprint density at radius 3 is 2.43 bits per heavy atom. The summed E-state index contributed by atoms with van der Waals surface area (Å²) in [5.74, 6) is 1.23. The summed E-state index contributed by atoms with van der Waals surface area (Å²) >= 11 is 0. The van der Waals surface area contributed by atoms with Crippen LogP contribution in [0.4, 0.5) is 15.9 Å². The predicted octanol–water partition coefficient (Wildman–Crippen LogP) is 3.78. The standard InChI is InChI=1S/C23H26FN5O/c1-15-4-6-16(7-5-15)20-21(26-18-10-8-17(24)9-11-18)28-12-13-29(19(30)14-25)23(2,3)22(28)27-20/h4-11,26H,12-14,25H2,1-3H3. The van der Waals surface area contributed by atoms with Gasteiger partial charge in [0.25, 0.3) is 0 Å². The van der Waals surface area contributed by atoms with Crippen LogP contribution in [0.3, 0.4) is 0 Å². The van der Waals surface area contributed by atoms with E-state index >= 15 is 0 Å². The molecule has 1 aromatic heterocycles. The van der Waals surface area contributed by atoms with Crippen LogP contribution in [0, 0.1) is 12.7 Å². The summed E-state index contributed by atoms with van der Waals surface area (Å²) in [6, 6.07) is 14.4. The number of nitrogens with zero attached hydrogens (tertiary/aromatic N) is 3. The number of anilines is 2. The highest BCUT2D eigenvalue weighted by Crippen LogP contribution is 2.39. The predicted molar refractivity (Wildman–Crippen MR) is 116 cm³/mol. The number of hydrogen-bond donors (Lipinski definition) is 2. The molecule has 0 spiro atoms. The van der Waals surface area contributed by atoms with Crippen molar-refractivity contribution < 1.29 is 9.18 Å². The van der Waals surface area contributed by atoms with E-state index in [1.807, 2.05) is 45.0 Å². The minimum atomic E-state index is -0.614. The maximum absolute atomic E-state index is 13.4. The Labute approximate surface area is 175 Å². The van der Waals surface area contributed by atoms with Crippen LogP contribution >= 0.6 is 0 Å². The third-order valence-corrected chi connectivity index (χ3v) is 5.64. The number of carbonyl (C=O) groups is 1. The molecule has 30 heavy (non-hydrogen) atoms. The topological polar surface area (TPSA) is 76.2 Å². The maximum atomic E-state index is 13.4. The van der Waals surface area contributed by atoms with E-state index in [4.69, 9.17) is 10.7 Å². The van der Waals surface area contributed by atoms with E-state index in [-0.39, 0.29) is 18.3 Å². The van der Waals surface area contributed by atoms with Crippen molar-refractivity contribution in [3.05, 3.63) is 65.7 Å². The Bertz CT molecular complexity index is 1070. The number of rotatable bonds is 4. The Hall–Kier alpha value is -3.19. The van der Waals surface area contributed by atoms with Gasteiger partial charge in [0.15, 0.2) is 0 Å². The van der Waals surface area contributed by atoms with Gasteiger partial charge in [0.05, 0.1) is 12.1 Å². The number of aromatic nitrogens is 2. The Morgan fingerprint density at radius 1 is 1.13 bits per heavy atom. The first-order valence-corrected chi connectivity index (χ1v) is 10.0. The summed E-state index contributed by atoms with van der Waals surface area (Å²) in [4.78, 5) is 19.2. The number of nitrogens with two attached hydrogens (primary N) is 1. The molecule has 0 unspecified atom stereocenters. The van der Waals surface area contributed by atoms with Crippen LogP contribution in [0.1, 0.15) is 25.2 Å². The number of amides is 1. The lowest BCUT2D eigenvalue weighted by atomic mass is 9.99. The molecule has 0 radical (unpaired) electrons. The molecule has 2 aromatic carbocycles. The van der Waals surface area contributed by atoms with E-state index in [0.717, 1.165) is 34.2 Å². The SMILES string of the molecule is Cc1ccc(-c2nc3n(c2Nc2ccc(F)cc2)CCN(C(=O)CN)C3(C)C)cc1. The largest absolute Gasteiger partial charge is 0.340 e. The lowest BCUT2D eigenvalue weighted by Gasteiger charge is -2.42. The lowest BCUT2D eigenvalue weighted by molar-refractivity contribution is -0.137. The number of aryl methyl sites for hydroxylation is 1. The van der Waals surface area contributed by atoms with Gasteiger partial charge in [-0.25, -0.2) is 9.37 Å². The second-order valence-electron chi connectivity index (χ2n) is 8.09. The zero-order valence-electron chi connectivity index (χ0n) is 17.4. The van der Waals surface area contributed by atoms with Crippen molar-refractivity contribution in [2.75, 3.05) is 18.4 Å². The fourth-order valence-electron chi connectivity index (χ4n) is 3.99. The van der Waals surface area contributed by atoms with Crippen LogP contribution in [0.2, 0.25) is 0 Å². The van der Waals surface area contributed by atoms with Gasteiger partial charge in [-0.05, 0) is 45.0 Å². The molecule has 156 valence electrons. The van der Waals surface area contributed by atoms with E-state index in [1.54, 1.807) is 17.0 Å². The highest BCUT2D eigenvalue weighted by atomic mass is 19.1. The van der Waals surface area contributed by atoms with Crippen molar-refractivity contribution in [2.45, 2.75) is 32.9 Å². The fraction of sp³-hybridized carbons (Fsp3) is 0.304. The number of hydrogen-bond acceptors (Lipinski definition) is 4. The Balaban J connectivity index is 1.85. The van der Waals surface area contributed by atoms with E-state index in [0.29, 0.717) is 13.1 Å². The van der Waals surface area contributed by atoms with E-state index in [2.05, 4.69) is 9.88 Å². The zero-order chi connectivity index (χ0) is 21.5. The first kappa shape index (κ1) is 20.1. The summed E-state index contributed by atoms with van der Waals surface area (Å²) in [6.07, 6.45) is 0. The molecule has 1 aliphatic heterocycles. The van der Waals surface area contributed by atoms with Crippen LogP contribution in [0.25, 0.3) is 11.3 Å². The van der Waals surface area contributed by atoms with Crippen LogP contribution in [-0.2, 0) is 16.9 Å². The molecule has 6 nitrogen and oxygen atoms in total. The van der Waals surface area contributed by atoms with Crippen LogP contribution in [0.15, 0.2) is 48.5 Å². The summed E-state index contributed by atoms with van der Waals surface area (Å²) in [5.41, 5.74) is 8.72. The number of halogens is 1. The number of imidazole rings is 1. The second kappa shape index (κ2) is 7.57. The average Bonchev–Trinajstić information content (AvgIpc) is 3.09. The lowest BCUT2D eigenvalue weighted by Crippen LogP contribution is -2.53. The van der Waals surface area contributed by atoms with Crippen molar-refractivity contribution >= 4 is 17.4 Å². The molecule has 0 atom stereocenters. The molecule has 1 aliphatic rings. The van der Waals surface area contributed by atoms with Gasteiger partial charge >= 0.3 is 0 Å². The third-order valence-electron chi connectivity index (χ3n) is 5.64. The molecule has 4 rings (SSSR count). The smallest absolute Gasteiger partial charge is 0.237 e. The minimum absolute atomic E-state index is 0.0321. The highest BCUT2D eigenvalue weighted by molar-refractivity contribution is 5.80. The molecule has 0 aliphatic carbocycles.